The van der Waals surface area contributed by atoms with E-state index in [1.165, 1.54) is 54.6 Å². The van der Waals surface area contributed by atoms with Crippen molar-refractivity contribution in [3.8, 4) is 0 Å². The first kappa shape index (κ1) is 17.2. The van der Waals surface area contributed by atoms with E-state index in [2.05, 4.69) is 54.7 Å². The number of nitrogens with zero attached hydrogens (tertiary/aromatic N) is 3. The van der Waals surface area contributed by atoms with Crippen molar-refractivity contribution in [3.05, 3.63) is 47.0 Å². The van der Waals surface area contributed by atoms with Crippen LogP contribution in [0.5, 0.6) is 0 Å². The molecule has 1 aromatic carbocycles. The first-order chi connectivity index (χ1) is 10.1. The molecule has 1 heterocycles. The predicted octanol–water partition coefficient (Wildman–Crippen LogP) is 0.424. The van der Waals surface area contributed by atoms with E-state index in [-0.39, 0.29) is 17.0 Å². The summed E-state index contributed by atoms with van der Waals surface area (Å²) < 4.78 is 4.32. The lowest BCUT2D eigenvalue weighted by molar-refractivity contribution is -0.681. The van der Waals surface area contributed by atoms with Gasteiger partial charge in [0.2, 0.25) is 6.33 Å². The summed E-state index contributed by atoms with van der Waals surface area (Å²) in [4.78, 5) is 0. The van der Waals surface area contributed by atoms with Crippen LogP contribution in [0.25, 0.3) is 0 Å². The van der Waals surface area contributed by atoms with Gasteiger partial charge in [-0.25, -0.2) is 4.57 Å². The summed E-state index contributed by atoms with van der Waals surface area (Å²) in [5, 5.41) is 4.87. The van der Waals surface area contributed by atoms with Crippen LogP contribution in [-0.2, 0) is 13.6 Å². The van der Waals surface area contributed by atoms with Crippen LogP contribution in [0.2, 0.25) is 0 Å². The van der Waals surface area contributed by atoms with Gasteiger partial charge in [0.05, 0.1) is 13.0 Å². The molecule has 1 aliphatic rings. The summed E-state index contributed by atoms with van der Waals surface area (Å²) in [6.45, 7) is 5.20. The van der Waals surface area contributed by atoms with Crippen molar-refractivity contribution >= 4 is 0 Å². The molecule has 1 saturated carbocycles. The molecule has 0 radical (unpaired) electrons. The highest BCUT2D eigenvalue weighted by molar-refractivity contribution is 5.30. The fraction of sp³-hybridized carbons (Fsp3) is 0.556. The second kappa shape index (κ2) is 7.40. The average molecular weight is 364 g/mol. The molecule has 0 atom stereocenters. The van der Waals surface area contributed by atoms with Gasteiger partial charge in [0.1, 0.15) is 6.54 Å². The van der Waals surface area contributed by atoms with E-state index in [0.717, 1.165) is 6.54 Å². The van der Waals surface area contributed by atoms with Crippen LogP contribution in [0.3, 0.4) is 0 Å². The maximum Gasteiger partial charge on any atom is 0.280 e. The topological polar surface area (TPSA) is 21.7 Å². The third kappa shape index (κ3) is 3.78. The number of hydrogen-bond donors (Lipinski definition) is 0. The van der Waals surface area contributed by atoms with Gasteiger partial charge in [-0.05, 0) is 37.8 Å². The van der Waals surface area contributed by atoms with Gasteiger partial charge in [-0.2, -0.15) is 0 Å². The average Bonchev–Trinajstić information content (AvgIpc) is 2.84. The van der Waals surface area contributed by atoms with Gasteiger partial charge in [0.15, 0.2) is 0 Å². The van der Waals surface area contributed by atoms with Gasteiger partial charge in [0.25, 0.3) is 5.82 Å². The van der Waals surface area contributed by atoms with E-state index < -0.39 is 0 Å². The Balaban J connectivity index is 0.00000176. The van der Waals surface area contributed by atoms with Gasteiger partial charge < -0.3 is 17.0 Å². The highest BCUT2D eigenvalue weighted by Crippen LogP contribution is 2.29. The predicted molar refractivity (Wildman–Crippen MR) is 84.2 cm³/mol. The van der Waals surface area contributed by atoms with Gasteiger partial charge >= 0.3 is 0 Å². The molecule has 4 heteroatoms. The first-order valence-electron chi connectivity index (χ1n) is 8.12. The fourth-order valence-corrected chi connectivity index (χ4v) is 3.49. The van der Waals surface area contributed by atoms with Crippen LogP contribution in [0.15, 0.2) is 24.5 Å². The highest BCUT2D eigenvalue weighted by atomic mass is 79.9. The molecule has 0 aliphatic heterocycles. The van der Waals surface area contributed by atoms with Crippen LogP contribution >= 0.6 is 0 Å². The minimum atomic E-state index is 0. The van der Waals surface area contributed by atoms with E-state index in [0.29, 0.717) is 5.92 Å². The summed E-state index contributed by atoms with van der Waals surface area (Å²) in [5.41, 5.74) is 4.04. The number of hydrogen-bond acceptors (Lipinski definition) is 1. The van der Waals surface area contributed by atoms with E-state index in [4.69, 9.17) is 5.10 Å². The molecule has 1 fully saturated rings. The van der Waals surface area contributed by atoms with Crippen LogP contribution in [0.1, 0.15) is 60.5 Å². The number of benzene rings is 1. The second-order valence-corrected chi connectivity index (χ2v) is 6.55. The Bertz CT molecular complexity index is 627. The molecule has 0 amide bonds. The van der Waals surface area contributed by atoms with Crippen LogP contribution in [0.4, 0.5) is 0 Å². The Morgan fingerprint density at radius 1 is 1.18 bits per heavy atom. The molecular weight excluding hydrogens is 338 g/mol. The smallest absolute Gasteiger partial charge is 0.280 e. The van der Waals surface area contributed by atoms with Gasteiger partial charge in [-0.1, -0.05) is 43.0 Å². The Morgan fingerprint density at radius 3 is 2.59 bits per heavy atom. The molecule has 0 unspecified atom stereocenters. The third-order valence-corrected chi connectivity index (χ3v) is 4.70. The van der Waals surface area contributed by atoms with Gasteiger partial charge in [-0.15, -0.1) is 4.68 Å². The number of aromatic nitrogens is 3. The van der Waals surface area contributed by atoms with Crippen LogP contribution in [-0.4, -0.2) is 9.78 Å². The molecular formula is C18H26BrN3. The number of aryl methyl sites for hydroxylation is 3. The van der Waals surface area contributed by atoms with Crippen molar-refractivity contribution in [2.75, 3.05) is 0 Å². The van der Waals surface area contributed by atoms with Crippen molar-refractivity contribution < 1.29 is 21.5 Å². The Labute approximate surface area is 144 Å². The van der Waals surface area contributed by atoms with E-state index >= 15 is 0 Å². The summed E-state index contributed by atoms with van der Waals surface area (Å²) in [5.74, 6) is 1.92. The molecule has 0 spiro atoms. The normalized spacial score (nSPS) is 15.6. The summed E-state index contributed by atoms with van der Waals surface area (Å²) >= 11 is 0. The minimum Gasteiger partial charge on any atom is -1.00 e. The molecule has 0 bridgehead atoms. The Morgan fingerprint density at radius 2 is 1.91 bits per heavy atom. The highest BCUT2D eigenvalue weighted by Gasteiger charge is 2.26. The van der Waals surface area contributed by atoms with Crippen molar-refractivity contribution in [2.45, 2.75) is 58.4 Å². The Hall–Kier alpha value is -1.16. The zero-order chi connectivity index (χ0) is 14.8. The van der Waals surface area contributed by atoms with Crippen LogP contribution < -0.4 is 21.5 Å². The fourth-order valence-electron chi connectivity index (χ4n) is 3.49. The lowest BCUT2D eigenvalue weighted by Gasteiger charge is -2.16. The molecule has 3 nitrogen and oxygen atoms in total. The molecule has 22 heavy (non-hydrogen) atoms. The monoisotopic (exact) mass is 363 g/mol. The van der Waals surface area contributed by atoms with Crippen molar-refractivity contribution in [1.29, 1.82) is 0 Å². The van der Waals surface area contributed by atoms with Gasteiger partial charge in [-0.3, -0.25) is 0 Å². The third-order valence-electron chi connectivity index (χ3n) is 4.70. The zero-order valence-corrected chi connectivity index (χ0v) is 15.4. The quantitative estimate of drug-likeness (QED) is 0.724. The lowest BCUT2D eigenvalue weighted by Crippen LogP contribution is -3.00. The van der Waals surface area contributed by atoms with Crippen molar-refractivity contribution in [1.82, 2.24) is 9.78 Å². The van der Waals surface area contributed by atoms with E-state index in [1.807, 2.05) is 0 Å². The maximum atomic E-state index is 4.87. The Kier molecular flexibility index (Phi) is 5.79. The summed E-state index contributed by atoms with van der Waals surface area (Å²) in [6, 6.07) is 6.67. The van der Waals surface area contributed by atoms with Crippen molar-refractivity contribution in [2.24, 2.45) is 7.05 Å². The zero-order valence-electron chi connectivity index (χ0n) is 13.8. The maximum absolute atomic E-state index is 4.87. The molecule has 3 rings (SSSR count). The largest absolute Gasteiger partial charge is 1.00 e. The van der Waals surface area contributed by atoms with E-state index in [1.54, 1.807) is 0 Å². The summed E-state index contributed by atoms with van der Waals surface area (Å²) in [6.07, 6.45) is 8.85. The molecule has 1 aromatic heterocycles. The molecule has 120 valence electrons. The number of halogens is 1. The standard InChI is InChI=1S/C18H26N3.BrH/c1-14-9-10-17(15(2)11-14)12-21-13-20(3)18(19-21)16-7-5-4-6-8-16;/h9-11,13,16H,4-8,12H2,1-3H3;1H/q+1;/p-1. The molecule has 1 aliphatic carbocycles. The SMILES string of the molecule is Cc1ccc(Cn2c[n+](C)c(C3CCCCC3)n2)c(C)c1.[Br-]. The first-order valence-corrected chi connectivity index (χ1v) is 8.12. The van der Waals surface area contributed by atoms with Gasteiger partial charge in [0, 0.05) is 5.10 Å². The molecule has 0 saturated heterocycles. The van der Waals surface area contributed by atoms with E-state index in [9.17, 15) is 0 Å². The second-order valence-electron chi connectivity index (χ2n) is 6.55. The minimum absolute atomic E-state index is 0. The number of rotatable bonds is 3. The summed E-state index contributed by atoms with van der Waals surface area (Å²) in [7, 11) is 2.13. The molecule has 0 N–H and O–H groups in total. The molecule has 2 aromatic rings. The van der Waals surface area contributed by atoms with Crippen LogP contribution in [0, 0.1) is 13.8 Å². The van der Waals surface area contributed by atoms with Crippen molar-refractivity contribution in [3.63, 3.8) is 0 Å². The lowest BCUT2D eigenvalue weighted by atomic mass is 9.89.